The van der Waals surface area contributed by atoms with Gasteiger partial charge in [-0.1, -0.05) is 6.07 Å². The van der Waals surface area contributed by atoms with Crippen molar-refractivity contribution in [2.45, 2.75) is 19.3 Å². The summed E-state index contributed by atoms with van der Waals surface area (Å²) in [6, 6.07) is 4.83. The lowest BCUT2D eigenvalue weighted by molar-refractivity contribution is 0.0972. The molecule has 2 rings (SSSR count). The van der Waals surface area contributed by atoms with Crippen molar-refractivity contribution in [2.75, 3.05) is 0 Å². The average molecular weight is 257 g/mol. The summed E-state index contributed by atoms with van der Waals surface area (Å²) in [7, 11) is 0. The van der Waals surface area contributed by atoms with E-state index in [2.05, 4.69) is 15.9 Å². The van der Waals surface area contributed by atoms with E-state index in [1.54, 1.807) is 18.2 Å². The molecule has 1 aliphatic rings. The number of rotatable bonds is 3. The fourth-order valence-corrected chi connectivity index (χ4v) is 1.78. The summed E-state index contributed by atoms with van der Waals surface area (Å²) in [4.78, 5) is 11.6. The molecule has 0 bridgehead atoms. The highest BCUT2D eigenvalue weighted by Crippen LogP contribution is 2.34. The fourth-order valence-electron chi connectivity index (χ4n) is 1.41. The average Bonchev–Trinajstić information content (AvgIpc) is 2.93. The molecule has 0 atom stereocenters. The molecule has 0 unspecified atom stereocenters. The molecule has 0 spiro atoms. The molecule has 0 aromatic heterocycles. The van der Waals surface area contributed by atoms with Gasteiger partial charge in [0.15, 0.2) is 5.78 Å². The highest BCUT2D eigenvalue weighted by molar-refractivity contribution is 9.10. The molecule has 1 aromatic rings. The number of carbonyl (C=O) groups excluding carboxylic acids is 1. The summed E-state index contributed by atoms with van der Waals surface area (Å²) >= 11 is 3.07. The third-order valence-electron chi connectivity index (χ3n) is 2.42. The van der Waals surface area contributed by atoms with Gasteiger partial charge in [0.2, 0.25) is 0 Å². The second-order valence-electron chi connectivity index (χ2n) is 3.67. The Morgan fingerprint density at radius 1 is 1.50 bits per heavy atom. The summed E-state index contributed by atoms with van der Waals surface area (Å²) in [5.41, 5.74) is 0.214. The SMILES string of the molecule is O=C(CC1CC1)c1cccc(Br)c1F. The van der Waals surface area contributed by atoms with Crippen LogP contribution in [-0.2, 0) is 0 Å². The van der Waals surface area contributed by atoms with Gasteiger partial charge in [-0.05, 0) is 46.8 Å². The lowest BCUT2D eigenvalue weighted by atomic mass is 10.1. The van der Waals surface area contributed by atoms with Crippen LogP contribution in [0.25, 0.3) is 0 Å². The van der Waals surface area contributed by atoms with Crippen LogP contribution in [-0.4, -0.2) is 5.78 Å². The van der Waals surface area contributed by atoms with E-state index in [-0.39, 0.29) is 11.3 Å². The van der Waals surface area contributed by atoms with Gasteiger partial charge in [0, 0.05) is 6.42 Å². The molecule has 1 aromatic carbocycles. The van der Waals surface area contributed by atoms with Gasteiger partial charge in [0.1, 0.15) is 5.82 Å². The second kappa shape index (κ2) is 3.81. The Morgan fingerprint density at radius 3 is 2.86 bits per heavy atom. The van der Waals surface area contributed by atoms with Crippen molar-refractivity contribution in [3.05, 3.63) is 34.1 Å². The number of halogens is 2. The molecule has 1 fully saturated rings. The molecule has 0 radical (unpaired) electrons. The lowest BCUT2D eigenvalue weighted by Crippen LogP contribution is -2.03. The Kier molecular flexibility index (Phi) is 2.68. The zero-order valence-corrected chi connectivity index (χ0v) is 9.18. The predicted molar refractivity (Wildman–Crippen MR) is 55.8 cm³/mol. The van der Waals surface area contributed by atoms with E-state index in [9.17, 15) is 9.18 Å². The fraction of sp³-hybridized carbons (Fsp3) is 0.364. The highest BCUT2D eigenvalue weighted by Gasteiger charge is 2.26. The second-order valence-corrected chi connectivity index (χ2v) is 4.53. The number of hydrogen-bond acceptors (Lipinski definition) is 1. The minimum Gasteiger partial charge on any atom is -0.294 e. The number of carbonyl (C=O) groups is 1. The summed E-state index contributed by atoms with van der Waals surface area (Å²) < 4.78 is 13.8. The zero-order valence-electron chi connectivity index (χ0n) is 7.59. The first kappa shape index (κ1) is 9.84. The monoisotopic (exact) mass is 256 g/mol. The zero-order chi connectivity index (χ0) is 10.1. The molecule has 74 valence electrons. The van der Waals surface area contributed by atoms with Crippen LogP contribution < -0.4 is 0 Å². The van der Waals surface area contributed by atoms with Crippen LogP contribution in [0.5, 0.6) is 0 Å². The van der Waals surface area contributed by atoms with Gasteiger partial charge in [0.05, 0.1) is 10.0 Å². The van der Waals surface area contributed by atoms with Crippen molar-refractivity contribution in [1.29, 1.82) is 0 Å². The molecule has 3 heteroatoms. The maximum atomic E-state index is 13.5. The Hall–Kier alpha value is -0.700. The van der Waals surface area contributed by atoms with Crippen LogP contribution in [0.4, 0.5) is 4.39 Å². The maximum Gasteiger partial charge on any atom is 0.166 e. The highest BCUT2D eigenvalue weighted by atomic mass is 79.9. The Labute approximate surface area is 90.4 Å². The molecule has 0 amide bonds. The van der Waals surface area contributed by atoms with Gasteiger partial charge in [-0.3, -0.25) is 4.79 Å². The molecule has 0 aliphatic heterocycles. The van der Waals surface area contributed by atoms with Crippen LogP contribution in [0, 0.1) is 11.7 Å². The quantitative estimate of drug-likeness (QED) is 0.756. The van der Waals surface area contributed by atoms with Gasteiger partial charge in [-0.2, -0.15) is 0 Å². The van der Waals surface area contributed by atoms with Crippen molar-refractivity contribution in [3.8, 4) is 0 Å². The van der Waals surface area contributed by atoms with Gasteiger partial charge >= 0.3 is 0 Å². The third-order valence-corrected chi connectivity index (χ3v) is 3.04. The molecular formula is C11H10BrFO. The molecule has 0 N–H and O–H groups in total. The lowest BCUT2D eigenvalue weighted by Gasteiger charge is -2.02. The molecule has 0 heterocycles. The van der Waals surface area contributed by atoms with Crippen LogP contribution in [0.1, 0.15) is 29.6 Å². The summed E-state index contributed by atoms with van der Waals surface area (Å²) in [6.45, 7) is 0. The minimum absolute atomic E-state index is 0.0775. The van der Waals surface area contributed by atoms with Gasteiger partial charge in [-0.25, -0.2) is 4.39 Å². The van der Waals surface area contributed by atoms with Crippen molar-refractivity contribution >= 4 is 21.7 Å². The van der Waals surface area contributed by atoms with Crippen molar-refractivity contribution < 1.29 is 9.18 Å². The van der Waals surface area contributed by atoms with E-state index < -0.39 is 5.82 Å². The summed E-state index contributed by atoms with van der Waals surface area (Å²) in [6.07, 6.45) is 2.72. The third kappa shape index (κ3) is 2.03. The molecule has 1 nitrogen and oxygen atoms in total. The molecule has 14 heavy (non-hydrogen) atoms. The van der Waals surface area contributed by atoms with Crippen molar-refractivity contribution in [3.63, 3.8) is 0 Å². The van der Waals surface area contributed by atoms with Gasteiger partial charge < -0.3 is 0 Å². The normalized spacial score (nSPS) is 15.6. The molecular weight excluding hydrogens is 247 g/mol. The first-order valence-electron chi connectivity index (χ1n) is 4.65. The van der Waals surface area contributed by atoms with E-state index >= 15 is 0 Å². The largest absolute Gasteiger partial charge is 0.294 e. The number of hydrogen-bond donors (Lipinski definition) is 0. The minimum atomic E-state index is -0.432. The Bertz CT molecular complexity index is 372. The van der Waals surface area contributed by atoms with E-state index in [4.69, 9.17) is 0 Å². The number of ketones is 1. The molecule has 1 saturated carbocycles. The van der Waals surface area contributed by atoms with Gasteiger partial charge in [0.25, 0.3) is 0 Å². The Morgan fingerprint density at radius 2 is 2.21 bits per heavy atom. The first-order valence-corrected chi connectivity index (χ1v) is 5.45. The first-order chi connectivity index (χ1) is 6.68. The maximum absolute atomic E-state index is 13.5. The number of benzene rings is 1. The summed E-state index contributed by atoms with van der Waals surface area (Å²) in [5.74, 6) is -0.00895. The van der Waals surface area contributed by atoms with Crippen LogP contribution >= 0.6 is 15.9 Å². The smallest absolute Gasteiger partial charge is 0.166 e. The van der Waals surface area contributed by atoms with Gasteiger partial charge in [-0.15, -0.1) is 0 Å². The van der Waals surface area contributed by atoms with Crippen molar-refractivity contribution in [2.24, 2.45) is 5.92 Å². The van der Waals surface area contributed by atoms with Crippen molar-refractivity contribution in [1.82, 2.24) is 0 Å². The number of Topliss-reactive ketones (excluding diaryl/α,β-unsaturated/α-hetero) is 1. The van der Waals surface area contributed by atoms with Crippen LogP contribution in [0.3, 0.4) is 0 Å². The van der Waals surface area contributed by atoms with E-state index in [1.165, 1.54) is 0 Å². The topological polar surface area (TPSA) is 17.1 Å². The molecule has 0 saturated heterocycles. The predicted octanol–water partition coefficient (Wildman–Crippen LogP) is 3.57. The van der Waals surface area contributed by atoms with E-state index in [0.717, 1.165) is 12.8 Å². The molecule has 1 aliphatic carbocycles. The van der Waals surface area contributed by atoms with E-state index in [1.807, 2.05) is 0 Å². The van der Waals surface area contributed by atoms with Crippen LogP contribution in [0.15, 0.2) is 22.7 Å². The van der Waals surface area contributed by atoms with Crippen LogP contribution in [0.2, 0.25) is 0 Å². The summed E-state index contributed by atoms with van der Waals surface area (Å²) in [5, 5.41) is 0. The standard InChI is InChI=1S/C11H10BrFO/c12-9-3-1-2-8(11(9)13)10(14)6-7-4-5-7/h1-3,7H,4-6H2. The van der Waals surface area contributed by atoms with E-state index in [0.29, 0.717) is 16.8 Å². The Balaban J connectivity index is 2.21.